The fourth-order valence-electron chi connectivity index (χ4n) is 1.52. The lowest BCUT2D eigenvalue weighted by molar-refractivity contribution is 1.44. The van der Waals surface area contributed by atoms with E-state index in [4.69, 9.17) is 11.6 Å². The van der Waals surface area contributed by atoms with Crippen molar-refractivity contribution in [3.05, 3.63) is 57.5 Å². The fourth-order valence-corrected chi connectivity index (χ4v) is 2.19. The van der Waals surface area contributed by atoms with Gasteiger partial charge in [0.2, 0.25) is 0 Å². The van der Waals surface area contributed by atoms with Gasteiger partial charge in [-0.25, -0.2) is 0 Å². The Bertz CT molecular complexity index is 454. The first-order valence-electron chi connectivity index (χ1n) is 4.69. The third kappa shape index (κ3) is 2.24. The van der Waals surface area contributed by atoms with E-state index in [-0.39, 0.29) is 0 Å². The van der Waals surface area contributed by atoms with Gasteiger partial charge in [-0.15, -0.1) is 0 Å². The fraction of sp³-hybridized carbons (Fsp3) is 0.0769. The van der Waals surface area contributed by atoms with E-state index in [1.807, 2.05) is 31.2 Å². The molecule has 0 saturated heterocycles. The topological polar surface area (TPSA) is 0 Å². The second-order valence-corrected chi connectivity index (χ2v) is 4.69. The van der Waals surface area contributed by atoms with Gasteiger partial charge in [0, 0.05) is 4.47 Å². The lowest BCUT2D eigenvalue weighted by Crippen LogP contribution is -1.82. The Morgan fingerprint density at radius 2 is 1.67 bits per heavy atom. The highest BCUT2D eigenvalue weighted by Crippen LogP contribution is 2.31. The van der Waals surface area contributed by atoms with Crippen molar-refractivity contribution in [3.63, 3.8) is 0 Å². The van der Waals surface area contributed by atoms with Gasteiger partial charge in [-0.05, 0) is 51.7 Å². The Balaban J connectivity index is 2.56. The molecule has 0 aliphatic heterocycles. The highest BCUT2D eigenvalue weighted by Gasteiger charge is 2.04. The zero-order chi connectivity index (χ0) is 10.8. The zero-order valence-corrected chi connectivity index (χ0v) is 10.6. The Morgan fingerprint density at radius 3 is 2.27 bits per heavy atom. The first-order valence-corrected chi connectivity index (χ1v) is 5.86. The predicted octanol–water partition coefficient (Wildman–Crippen LogP) is 5.08. The Labute approximate surface area is 103 Å². The second-order valence-electron chi connectivity index (χ2n) is 3.45. The van der Waals surface area contributed by atoms with E-state index in [9.17, 15) is 0 Å². The van der Waals surface area contributed by atoms with Crippen LogP contribution < -0.4 is 0 Å². The molecule has 0 radical (unpaired) electrons. The molecule has 2 heteroatoms. The molecule has 0 nitrogen and oxygen atoms in total. The van der Waals surface area contributed by atoms with Gasteiger partial charge in [0.1, 0.15) is 0 Å². The van der Waals surface area contributed by atoms with Crippen LogP contribution in [0.1, 0.15) is 5.56 Å². The molecule has 0 bridgehead atoms. The van der Waals surface area contributed by atoms with Gasteiger partial charge in [0.15, 0.2) is 0 Å². The summed E-state index contributed by atoms with van der Waals surface area (Å²) >= 11 is 9.55. The van der Waals surface area contributed by atoms with Gasteiger partial charge >= 0.3 is 0 Å². The first-order chi connectivity index (χ1) is 7.18. The van der Waals surface area contributed by atoms with Gasteiger partial charge in [-0.1, -0.05) is 41.9 Å². The van der Waals surface area contributed by atoms with Crippen molar-refractivity contribution in [1.82, 2.24) is 0 Å². The van der Waals surface area contributed by atoms with E-state index < -0.39 is 0 Å². The van der Waals surface area contributed by atoms with Crippen LogP contribution in [-0.4, -0.2) is 0 Å². The first kappa shape index (κ1) is 10.7. The molecule has 0 amide bonds. The van der Waals surface area contributed by atoms with Crippen molar-refractivity contribution < 1.29 is 0 Å². The molecule has 0 spiro atoms. The quantitative estimate of drug-likeness (QED) is 0.684. The molecule has 0 N–H and O–H groups in total. The standard InChI is InChI=1S/C13H10BrCl/c1-9-7-11(8-12(14)13(9)15)10-5-3-2-4-6-10/h2-8H,1H3. The minimum atomic E-state index is 0.787. The second kappa shape index (κ2) is 4.38. The summed E-state index contributed by atoms with van der Waals surface area (Å²) in [5.74, 6) is 0. The lowest BCUT2D eigenvalue weighted by atomic mass is 10.0. The predicted molar refractivity (Wildman–Crippen MR) is 69.3 cm³/mol. The lowest BCUT2D eigenvalue weighted by Gasteiger charge is -2.06. The van der Waals surface area contributed by atoms with E-state index in [1.165, 1.54) is 11.1 Å². The normalized spacial score (nSPS) is 10.3. The molecule has 0 aliphatic rings. The summed E-state index contributed by atoms with van der Waals surface area (Å²) in [6, 6.07) is 14.4. The maximum absolute atomic E-state index is 6.09. The van der Waals surface area contributed by atoms with Crippen molar-refractivity contribution in [2.45, 2.75) is 6.92 Å². The van der Waals surface area contributed by atoms with Crippen LogP contribution in [0.15, 0.2) is 46.9 Å². The number of hydrogen-bond donors (Lipinski definition) is 0. The van der Waals surface area contributed by atoms with E-state index >= 15 is 0 Å². The molecule has 0 atom stereocenters. The van der Waals surface area contributed by atoms with Gasteiger partial charge < -0.3 is 0 Å². The van der Waals surface area contributed by atoms with Crippen LogP contribution in [0.3, 0.4) is 0 Å². The smallest absolute Gasteiger partial charge is 0.0577 e. The largest absolute Gasteiger partial charge is 0.0828 e. The highest BCUT2D eigenvalue weighted by atomic mass is 79.9. The minimum Gasteiger partial charge on any atom is -0.0828 e. The van der Waals surface area contributed by atoms with Gasteiger partial charge in [-0.3, -0.25) is 0 Å². The molecule has 2 aromatic carbocycles. The molecule has 0 aliphatic carbocycles. The molecule has 0 fully saturated rings. The van der Waals surface area contributed by atoms with E-state index in [0.29, 0.717) is 0 Å². The maximum Gasteiger partial charge on any atom is 0.0577 e. The number of aryl methyl sites for hydroxylation is 1. The van der Waals surface area contributed by atoms with Crippen molar-refractivity contribution in [2.24, 2.45) is 0 Å². The van der Waals surface area contributed by atoms with Crippen LogP contribution in [0.25, 0.3) is 11.1 Å². The molecular weight excluding hydrogens is 272 g/mol. The maximum atomic E-state index is 6.09. The number of hydrogen-bond acceptors (Lipinski definition) is 0. The Morgan fingerprint density at radius 1 is 1.00 bits per heavy atom. The summed E-state index contributed by atoms with van der Waals surface area (Å²) in [4.78, 5) is 0. The van der Waals surface area contributed by atoms with Crippen LogP contribution >= 0.6 is 27.5 Å². The summed E-state index contributed by atoms with van der Waals surface area (Å²) < 4.78 is 0.947. The van der Waals surface area contributed by atoms with Crippen LogP contribution in [0, 0.1) is 6.92 Å². The monoisotopic (exact) mass is 280 g/mol. The van der Waals surface area contributed by atoms with Gasteiger partial charge in [0.25, 0.3) is 0 Å². The summed E-state index contributed by atoms with van der Waals surface area (Å²) in [7, 11) is 0. The summed E-state index contributed by atoms with van der Waals surface area (Å²) in [6.45, 7) is 2.01. The number of halogens is 2. The third-order valence-electron chi connectivity index (χ3n) is 2.32. The van der Waals surface area contributed by atoms with Crippen molar-refractivity contribution in [3.8, 4) is 11.1 Å². The Kier molecular flexibility index (Phi) is 3.13. The summed E-state index contributed by atoms with van der Waals surface area (Å²) in [5, 5.41) is 0.787. The SMILES string of the molecule is Cc1cc(-c2ccccc2)cc(Br)c1Cl. The van der Waals surface area contributed by atoms with Crippen LogP contribution in [0.4, 0.5) is 0 Å². The average molecular weight is 282 g/mol. The summed E-state index contributed by atoms with van der Waals surface area (Å²) in [6.07, 6.45) is 0. The molecule has 76 valence electrons. The molecule has 0 heterocycles. The molecule has 15 heavy (non-hydrogen) atoms. The molecule has 0 unspecified atom stereocenters. The van der Waals surface area contributed by atoms with Crippen molar-refractivity contribution in [2.75, 3.05) is 0 Å². The zero-order valence-electron chi connectivity index (χ0n) is 8.30. The Hall–Kier alpha value is -0.790. The van der Waals surface area contributed by atoms with E-state index in [0.717, 1.165) is 15.1 Å². The molecule has 0 aromatic heterocycles. The minimum absolute atomic E-state index is 0.787. The van der Waals surface area contributed by atoms with Crippen LogP contribution in [0.5, 0.6) is 0 Å². The van der Waals surface area contributed by atoms with E-state index in [2.05, 4.69) is 34.1 Å². The van der Waals surface area contributed by atoms with E-state index in [1.54, 1.807) is 0 Å². The number of rotatable bonds is 1. The van der Waals surface area contributed by atoms with Gasteiger partial charge in [0.05, 0.1) is 5.02 Å². The van der Waals surface area contributed by atoms with Crippen LogP contribution in [0.2, 0.25) is 5.02 Å². The third-order valence-corrected chi connectivity index (χ3v) is 3.67. The average Bonchev–Trinajstić information content (AvgIpc) is 2.26. The molecule has 0 saturated carbocycles. The number of benzene rings is 2. The molecular formula is C13H10BrCl. The molecule has 2 rings (SSSR count). The highest BCUT2D eigenvalue weighted by molar-refractivity contribution is 9.10. The summed E-state index contributed by atoms with van der Waals surface area (Å²) in [5.41, 5.74) is 3.48. The molecule has 2 aromatic rings. The van der Waals surface area contributed by atoms with Crippen molar-refractivity contribution in [1.29, 1.82) is 0 Å². The van der Waals surface area contributed by atoms with Crippen molar-refractivity contribution >= 4 is 27.5 Å². The van der Waals surface area contributed by atoms with Crippen LogP contribution in [-0.2, 0) is 0 Å². The van der Waals surface area contributed by atoms with Gasteiger partial charge in [-0.2, -0.15) is 0 Å².